The van der Waals surface area contributed by atoms with Crippen LogP contribution in [0.25, 0.3) is 0 Å². The molecule has 1 fully saturated rings. The van der Waals surface area contributed by atoms with Gasteiger partial charge in [-0.2, -0.15) is 0 Å². The molecule has 0 unspecified atom stereocenters. The quantitative estimate of drug-likeness (QED) is 0.779. The summed E-state index contributed by atoms with van der Waals surface area (Å²) < 4.78 is 21.7. The molecule has 0 aromatic heterocycles. The zero-order valence-electron chi connectivity index (χ0n) is 12.8. The fourth-order valence-electron chi connectivity index (χ4n) is 2.20. The first-order valence-corrected chi connectivity index (χ1v) is 6.85. The first-order chi connectivity index (χ1) is 9.30. The molecule has 0 saturated carbocycles. The van der Waals surface area contributed by atoms with E-state index in [1.165, 1.54) is 0 Å². The number of carbonyl (C=O) groups is 1. The Bertz CT molecular complexity index is 406. The molecule has 6 nitrogen and oxygen atoms in total. The van der Waals surface area contributed by atoms with E-state index in [2.05, 4.69) is 0 Å². The minimum Gasteiger partial charge on any atom is -0.499 e. The maximum absolute atomic E-state index is 12.1. The number of methoxy groups -OCH3 is 1. The third kappa shape index (κ3) is 3.43. The monoisotopic (exact) mass is 285 g/mol. The fourth-order valence-corrected chi connectivity index (χ4v) is 2.20. The Kier molecular flexibility index (Phi) is 4.25. The molecule has 2 aliphatic rings. The predicted molar refractivity (Wildman–Crippen MR) is 71.9 cm³/mol. The maximum Gasteiger partial charge on any atom is 0.410 e. The second kappa shape index (κ2) is 5.61. The van der Waals surface area contributed by atoms with Gasteiger partial charge in [-0.3, -0.25) is 0 Å². The molecule has 1 amide bonds. The summed E-state index contributed by atoms with van der Waals surface area (Å²) >= 11 is 0. The average Bonchev–Trinajstić information content (AvgIpc) is 2.32. The SMILES string of the molecule is COC1=C(C2OC(C)O2)CCN(C(=O)OC(C)(C)C)C1. The average molecular weight is 285 g/mol. The van der Waals surface area contributed by atoms with Crippen molar-refractivity contribution < 1.29 is 23.7 Å². The summed E-state index contributed by atoms with van der Waals surface area (Å²) in [6, 6.07) is 0. The highest BCUT2D eigenvalue weighted by Gasteiger charge is 2.36. The zero-order valence-corrected chi connectivity index (χ0v) is 12.8. The van der Waals surface area contributed by atoms with Gasteiger partial charge in [-0.15, -0.1) is 0 Å². The van der Waals surface area contributed by atoms with E-state index >= 15 is 0 Å². The summed E-state index contributed by atoms with van der Waals surface area (Å²) in [4.78, 5) is 13.7. The van der Waals surface area contributed by atoms with Crippen molar-refractivity contribution in [2.45, 2.75) is 52.3 Å². The second-order valence-corrected chi connectivity index (χ2v) is 5.98. The number of ether oxygens (including phenoxy) is 4. The van der Waals surface area contributed by atoms with Crippen LogP contribution in [0.4, 0.5) is 4.79 Å². The standard InChI is InChI=1S/C14H23NO5/c1-9-18-12(19-9)10-6-7-15(8-11(10)17-5)13(16)20-14(2,3)4/h9,12H,6-8H2,1-5H3. The second-order valence-electron chi connectivity index (χ2n) is 5.98. The molecular formula is C14H23NO5. The Morgan fingerprint density at radius 1 is 1.35 bits per heavy atom. The Labute approximate surface area is 119 Å². The highest BCUT2D eigenvalue weighted by atomic mass is 16.9. The van der Waals surface area contributed by atoms with Gasteiger partial charge < -0.3 is 23.8 Å². The normalized spacial score (nSPS) is 27.1. The maximum atomic E-state index is 12.1. The lowest BCUT2D eigenvalue weighted by Gasteiger charge is -2.39. The van der Waals surface area contributed by atoms with Crippen molar-refractivity contribution in [2.24, 2.45) is 0 Å². The van der Waals surface area contributed by atoms with Gasteiger partial charge in [0, 0.05) is 12.1 Å². The van der Waals surface area contributed by atoms with Gasteiger partial charge in [0.2, 0.25) is 0 Å². The molecule has 0 aliphatic carbocycles. The molecule has 0 aromatic carbocycles. The van der Waals surface area contributed by atoms with E-state index in [0.717, 1.165) is 11.3 Å². The molecule has 0 atom stereocenters. The summed E-state index contributed by atoms with van der Waals surface area (Å²) in [5.41, 5.74) is 0.481. The molecule has 0 aromatic rings. The van der Waals surface area contributed by atoms with Crippen LogP contribution in [0.5, 0.6) is 0 Å². The lowest BCUT2D eigenvalue weighted by atomic mass is 10.1. The number of hydrogen-bond donors (Lipinski definition) is 0. The van der Waals surface area contributed by atoms with E-state index < -0.39 is 5.60 Å². The van der Waals surface area contributed by atoms with Crippen molar-refractivity contribution >= 4 is 6.09 Å². The van der Waals surface area contributed by atoms with Gasteiger partial charge >= 0.3 is 6.09 Å². The van der Waals surface area contributed by atoms with Gasteiger partial charge in [-0.25, -0.2) is 4.79 Å². The molecule has 1 saturated heterocycles. The van der Waals surface area contributed by atoms with E-state index in [-0.39, 0.29) is 18.7 Å². The van der Waals surface area contributed by atoms with Crippen molar-refractivity contribution in [3.63, 3.8) is 0 Å². The van der Waals surface area contributed by atoms with Crippen molar-refractivity contribution in [1.29, 1.82) is 0 Å². The fraction of sp³-hybridized carbons (Fsp3) is 0.786. The van der Waals surface area contributed by atoms with Crippen LogP contribution in [-0.4, -0.2) is 49.4 Å². The number of rotatable bonds is 2. The van der Waals surface area contributed by atoms with Gasteiger partial charge in [0.05, 0.1) is 13.7 Å². The minimum atomic E-state index is -0.496. The summed E-state index contributed by atoms with van der Waals surface area (Å²) in [5, 5.41) is 0. The Morgan fingerprint density at radius 2 is 2.00 bits per heavy atom. The van der Waals surface area contributed by atoms with Crippen LogP contribution in [-0.2, 0) is 18.9 Å². The third-order valence-electron chi connectivity index (χ3n) is 3.16. The Balaban J connectivity index is 2.00. The smallest absolute Gasteiger partial charge is 0.410 e. The third-order valence-corrected chi connectivity index (χ3v) is 3.16. The molecule has 20 heavy (non-hydrogen) atoms. The van der Waals surface area contributed by atoms with Crippen LogP contribution in [0.15, 0.2) is 11.3 Å². The molecular weight excluding hydrogens is 262 g/mol. The number of hydrogen-bond acceptors (Lipinski definition) is 5. The number of carbonyl (C=O) groups excluding carboxylic acids is 1. The van der Waals surface area contributed by atoms with Gasteiger partial charge in [0.1, 0.15) is 11.4 Å². The van der Waals surface area contributed by atoms with Crippen LogP contribution in [0.2, 0.25) is 0 Å². The van der Waals surface area contributed by atoms with Gasteiger partial charge in [0.15, 0.2) is 12.6 Å². The van der Waals surface area contributed by atoms with Crippen molar-refractivity contribution in [3.05, 3.63) is 11.3 Å². The van der Waals surface area contributed by atoms with Crippen molar-refractivity contribution in [3.8, 4) is 0 Å². The first-order valence-electron chi connectivity index (χ1n) is 6.85. The highest BCUT2D eigenvalue weighted by molar-refractivity contribution is 5.68. The zero-order chi connectivity index (χ0) is 14.9. The molecule has 2 heterocycles. The minimum absolute atomic E-state index is 0.172. The summed E-state index contributed by atoms with van der Waals surface area (Å²) in [6.07, 6.45) is -0.162. The summed E-state index contributed by atoms with van der Waals surface area (Å²) in [7, 11) is 1.59. The van der Waals surface area contributed by atoms with Gasteiger partial charge in [-0.1, -0.05) is 0 Å². The van der Waals surface area contributed by atoms with Gasteiger partial charge in [-0.05, 0) is 34.1 Å². The van der Waals surface area contributed by atoms with Crippen LogP contribution >= 0.6 is 0 Å². The van der Waals surface area contributed by atoms with E-state index in [1.807, 2.05) is 27.7 Å². The molecule has 0 spiro atoms. The van der Waals surface area contributed by atoms with E-state index in [1.54, 1.807) is 12.0 Å². The Hall–Kier alpha value is -1.27. The van der Waals surface area contributed by atoms with Crippen LogP contribution < -0.4 is 0 Å². The molecule has 114 valence electrons. The largest absolute Gasteiger partial charge is 0.499 e. The van der Waals surface area contributed by atoms with Crippen LogP contribution in [0.1, 0.15) is 34.1 Å². The molecule has 6 heteroatoms. The summed E-state index contributed by atoms with van der Waals surface area (Å²) in [6.45, 7) is 8.37. The van der Waals surface area contributed by atoms with E-state index in [0.29, 0.717) is 19.5 Å². The Morgan fingerprint density at radius 3 is 2.50 bits per heavy atom. The molecule has 0 bridgehead atoms. The lowest BCUT2D eigenvalue weighted by Crippen LogP contribution is -2.46. The number of nitrogens with zero attached hydrogens (tertiary/aromatic N) is 1. The lowest BCUT2D eigenvalue weighted by molar-refractivity contribution is -0.361. The van der Waals surface area contributed by atoms with Crippen LogP contribution in [0, 0.1) is 0 Å². The molecule has 2 rings (SSSR count). The number of amides is 1. The predicted octanol–water partition coefficient (Wildman–Crippen LogP) is 2.25. The summed E-state index contributed by atoms with van der Waals surface area (Å²) in [5.74, 6) is 0.721. The van der Waals surface area contributed by atoms with E-state index in [9.17, 15) is 4.79 Å². The molecule has 2 aliphatic heterocycles. The molecule has 0 radical (unpaired) electrons. The highest BCUT2D eigenvalue weighted by Crippen LogP contribution is 2.31. The topological polar surface area (TPSA) is 57.2 Å². The molecule has 0 N–H and O–H groups in total. The van der Waals surface area contributed by atoms with Crippen molar-refractivity contribution in [1.82, 2.24) is 4.90 Å². The van der Waals surface area contributed by atoms with Crippen LogP contribution in [0.3, 0.4) is 0 Å². The van der Waals surface area contributed by atoms with E-state index in [4.69, 9.17) is 18.9 Å². The van der Waals surface area contributed by atoms with Crippen molar-refractivity contribution in [2.75, 3.05) is 20.2 Å². The first kappa shape index (κ1) is 15.1. The van der Waals surface area contributed by atoms with Gasteiger partial charge in [0.25, 0.3) is 0 Å².